The zero-order chi connectivity index (χ0) is 10.7. The van der Waals surface area contributed by atoms with Crippen LogP contribution in [0.5, 0.6) is 0 Å². The first-order valence-corrected chi connectivity index (χ1v) is 6.16. The number of halogens is 1. The molecule has 0 atom stereocenters. The van der Waals surface area contributed by atoms with E-state index < -0.39 is 0 Å². The smallest absolute Gasteiger partial charge is 0.162 e. The van der Waals surface area contributed by atoms with E-state index in [2.05, 4.69) is 15.1 Å². The number of nitrogens with zero attached hydrogens (tertiary/aromatic N) is 4. The summed E-state index contributed by atoms with van der Waals surface area (Å²) in [5.41, 5.74) is 0.873. The largest absolute Gasteiger partial charge is 0.250 e. The lowest BCUT2D eigenvalue weighted by atomic mass is 10.4. The van der Waals surface area contributed by atoms with Crippen molar-refractivity contribution < 1.29 is 0 Å². The number of aryl methyl sites for hydroxylation is 1. The molecular weight excluding hydrogens is 232 g/mol. The molecule has 0 radical (unpaired) electrons. The summed E-state index contributed by atoms with van der Waals surface area (Å²) >= 11 is 7.33. The number of aromatic nitrogens is 4. The van der Waals surface area contributed by atoms with E-state index in [1.54, 1.807) is 29.0 Å². The van der Waals surface area contributed by atoms with Crippen molar-refractivity contribution in [1.29, 1.82) is 0 Å². The van der Waals surface area contributed by atoms with Crippen LogP contribution in [0.1, 0.15) is 6.42 Å². The normalized spacial score (nSPS) is 11.1. The monoisotopic (exact) mass is 242 g/mol. The van der Waals surface area contributed by atoms with Crippen LogP contribution in [-0.4, -0.2) is 31.4 Å². The van der Waals surface area contributed by atoms with Crippen molar-refractivity contribution in [2.45, 2.75) is 11.4 Å². The molecular formula is C9H11ClN4S. The van der Waals surface area contributed by atoms with Crippen LogP contribution in [0, 0.1) is 0 Å². The number of hydrogen-bond donors (Lipinski definition) is 0. The number of fused-ring (bicyclic) bond motifs is 1. The third-order valence-electron chi connectivity index (χ3n) is 2.01. The molecule has 0 saturated heterocycles. The number of rotatable bonds is 4. The highest BCUT2D eigenvalue weighted by Crippen LogP contribution is 2.24. The van der Waals surface area contributed by atoms with Crippen LogP contribution in [0.25, 0.3) is 11.0 Å². The van der Waals surface area contributed by atoms with Crippen LogP contribution in [0.2, 0.25) is 0 Å². The van der Waals surface area contributed by atoms with Gasteiger partial charge in [0.15, 0.2) is 5.65 Å². The van der Waals surface area contributed by atoms with Gasteiger partial charge in [-0.15, -0.1) is 23.4 Å². The van der Waals surface area contributed by atoms with Gasteiger partial charge in [-0.25, -0.2) is 9.97 Å². The predicted molar refractivity (Wildman–Crippen MR) is 62.4 cm³/mol. The molecule has 0 aliphatic carbocycles. The molecule has 4 nitrogen and oxygen atoms in total. The van der Waals surface area contributed by atoms with Crippen LogP contribution in [0.15, 0.2) is 17.6 Å². The molecule has 2 rings (SSSR count). The maximum atomic E-state index is 5.63. The summed E-state index contributed by atoms with van der Waals surface area (Å²) in [4.78, 5) is 8.43. The average Bonchev–Trinajstić information content (AvgIpc) is 2.62. The Morgan fingerprint density at radius 2 is 2.33 bits per heavy atom. The van der Waals surface area contributed by atoms with Crippen LogP contribution in [0.4, 0.5) is 0 Å². The van der Waals surface area contributed by atoms with Gasteiger partial charge in [0.1, 0.15) is 11.4 Å². The summed E-state index contributed by atoms with van der Waals surface area (Å²) in [6, 6.07) is 0. The third kappa shape index (κ3) is 2.23. The number of alkyl halides is 1. The van der Waals surface area contributed by atoms with Crippen LogP contribution < -0.4 is 0 Å². The summed E-state index contributed by atoms with van der Waals surface area (Å²) in [5, 5.41) is 6.16. The van der Waals surface area contributed by atoms with Gasteiger partial charge in [0.05, 0.1) is 11.6 Å². The standard InChI is InChI=1S/C9H11ClN4S/c1-14-8-7(5-13-14)9(12-6-11-8)15-4-2-3-10/h5-6H,2-4H2,1H3. The Morgan fingerprint density at radius 3 is 3.13 bits per heavy atom. The minimum absolute atomic E-state index is 0.689. The van der Waals surface area contributed by atoms with Crippen LogP contribution in [0.3, 0.4) is 0 Å². The van der Waals surface area contributed by atoms with E-state index in [1.807, 2.05) is 7.05 Å². The van der Waals surface area contributed by atoms with Crippen molar-refractivity contribution in [2.24, 2.45) is 7.05 Å². The molecule has 2 aromatic heterocycles. The molecule has 0 aliphatic rings. The Balaban J connectivity index is 2.26. The fraction of sp³-hybridized carbons (Fsp3) is 0.444. The maximum Gasteiger partial charge on any atom is 0.162 e. The van der Waals surface area contributed by atoms with Crippen molar-refractivity contribution in [3.05, 3.63) is 12.5 Å². The zero-order valence-corrected chi connectivity index (χ0v) is 9.92. The topological polar surface area (TPSA) is 43.6 Å². The lowest BCUT2D eigenvalue weighted by molar-refractivity contribution is 0.784. The lowest BCUT2D eigenvalue weighted by Crippen LogP contribution is -1.93. The molecule has 2 heterocycles. The molecule has 2 aromatic rings. The fourth-order valence-electron chi connectivity index (χ4n) is 1.28. The molecule has 0 bridgehead atoms. The van der Waals surface area contributed by atoms with E-state index in [-0.39, 0.29) is 0 Å². The van der Waals surface area contributed by atoms with Crippen molar-refractivity contribution in [1.82, 2.24) is 19.7 Å². The summed E-state index contributed by atoms with van der Waals surface area (Å²) in [5.74, 6) is 1.67. The molecule has 0 fully saturated rings. The second-order valence-electron chi connectivity index (χ2n) is 3.08. The SMILES string of the molecule is Cn1ncc2c(SCCCCl)ncnc21. The number of hydrogen-bond acceptors (Lipinski definition) is 4. The first kappa shape index (κ1) is 10.7. The van der Waals surface area contributed by atoms with Crippen molar-refractivity contribution in [3.8, 4) is 0 Å². The summed E-state index contributed by atoms with van der Waals surface area (Å²) in [7, 11) is 1.88. The van der Waals surface area contributed by atoms with Crippen molar-refractivity contribution in [2.75, 3.05) is 11.6 Å². The lowest BCUT2D eigenvalue weighted by Gasteiger charge is -2.00. The Kier molecular flexibility index (Phi) is 3.43. The van der Waals surface area contributed by atoms with Gasteiger partial charge < -0.3 is 0 Å². The summed E-state index contributed by atoms with van der Waals surface area (Å²) < 4.78 is 1.75. The molecule has 0 spiro atoms. The zero-order valence-electron chi connectivity index (χ0n) is 8.35. The van der Waals surface area contributed by atoms with Gasteiger partial charge in [-0.1, -0.05) is 0 Å². The van der Waals surface area contributed by atoms with Crippen LogP contribution in [-0.2, 0) is 7.05 Å². The Labute approximate surface area is 97.0 Å². The minimum Gasteiger partial charge on any atom is -0.250 e. The molecule has 0 aromatic carbocycles. The van der Waals surface area contributed by atoms with E-state index in [9.17, 15) is 0 Å². The van der Waals surface area contributed by atoms with Gasteiger partial charge in [0.2, 0.25) is 0 Å². The van der Waals surface area contributed by atoms with Gasteiger partial charge in [-0.05, 0) is 6.42 Å². The predicted octanol–water partition coefficient (Wildman–Crippen LogP) is 2.08. The molecule has 80 valence electrons. The van der Waals surface area contributed by atoms with Gasteiger partial charge in [0.25, 0.3) is 0 Å². The summed E-state index contributed by atoms with van der Waals surface area (Å²) in [6.07, 6.45) is 4.36. The Morgan fingerprint density at radius 1 is 1.47 bits per heavy atom. The van der Waals surface area contributed by atoms with E-state index >= 15 is 0 Å². The molecule has 0 amide bonds. The van der Waals surface area contributed by atoms with Gasteiger partial charge >= 0.3 is 0 Å². The molecule has 15 heavy (non-hydrogen) atoms. The minimum atomic E-state index is 0.689. The fourth-order valence-corrected chi connectivity index (χ4v) is 2.47. The molecule has 0 N–H and O–H groups in total. The van der Waals surface area contributed by atoms with E-state index in [1.165, 1.54) is 0 Å². The molecule has 6 heteroatoms. The molecule has 0 unspecified atom stereocenters. The second-order valence-corrected chi connectivity index (χ2v) is 4.54. The van der Waals surface area contributed by atoms with Crippen molar-refractivity contribution in [3.63, 3.8) is 0 Å². The summed E-state index contributed by atoms with van der Waals surface area (Å²) in [6.45, 7) is 0. The quantitative estimate of drug-likeness (QED) is 0.356. The highest BCUT2D eigenvalue weighted by Gasteiger charge is 2.07. The van der Waals surface area contributed by atoms with E-state index in [4.69, 9.17) is 11.6 Å². The van der Waals surface area contributed by atoms with Gasteiger partial charge in [0, 0.05) is 18.7 Å². The maximum absolute atomic E-state index is 5.63. The molecule has 0 aliphatic heterocycles. The van der Waals surface area contributed by atoms with Crippen molar-refractivity contribution >= 4 is 34.4 Å². The average molecular weight is 243 g/mol. The Bertz CT molecular complexity index is 456. The highest BCUT2D eigenvalue weighted by molar-refractivity contribution is 7.99. The first-order chi connectivity index (χ1) is 7.33. The number of thioether (sulfide) groups is 1. The van der Waals surface area contributed by atoms with E-state index in [0.717, 1.165) is 28.2 Å². The molecule has 0 saturated carbocycles. The second kappa shape index (κ2) is 4.81. The third-order valence-corrected chi connectivity index (χ3v) is 3.37. The van der Waals surface area contributed by atoms with Gasteiger partial charge in [-0.3, -0.25) is 4.68 Å². The van der Waals surface area contributed by atoms with Crippen LogP contribution >= 0.6 is 23.4 Å². The highest BCUT2D eigenvalue weighted by atomic mass is 35.5. The van der Waals surface area contributed by atoms with Gasteiger partial charge in [-0.2, -0.15) is 5.10 Å². The first-order valence-electron chi connectivity index (χ1n) is 4.64. The Hall–Kier alpha value is -0.810. The van der Waals surface area contributed by atoms with E-state index in [0.29, 0.717) is 5.88 Å².